The SMILES string of the molecule is CC(=O)NC[C@@H](c1ccc(N(C)C)cc1)S(=O)(=O)c1ccc(F)cc1. The summed E-state index contributed by atoms with van der Waals surface area (Å²) in [7, 11) is -0.0187. The number of nitrogens with one attached hydrogen (secondary N) is 1. The van der Waals surface area contributed by atoms with Crippen molar-refractivity contribution in [3.8, 4) is 0 Å². The minimum Gasteiger partial charge on any atom is -0.378 e. The molecule has 2 aromatic carbocycles. The maximum absolute atomic E-state index is 13.1. The smallest absolute Gasteiger partial charge is 0.216 e. The lowest BCUT2D eigenvalue weighted by atomic mass is 10.1. The van der Waals surface area contributed by atoms with Crippen LogP contribution in [0, 0.1) is 5.82 Å². The number of carbonyl (C=O) groups excluding carboxylic acids is 1. The predicted octanol–water partition coefficient (Wildman–Crippen LogP) is 2.54. The van der Waals surface area contributed by atoms with E-state index in [1.54, 1.807) is 12.1 Å². The van der Waals surface area contributed by atoms with Gasteiger partial charge < -0.3 is 10.2 Å². The first-order valence-corrected chi connectivity index (χ1v) is 9.27. The van der Waals surface area contributed by atoms with E-state index in [2.05, 4.69) is 5.32 Å². The van der Waals surface area contributed by atoms with Crippen LogP contribution in [0.1, 0.15) is 17.7 Å². The molecule has 5 nitrogen and oxygen atoms in total. The average Bonchev–Trinajstić information content (AvgIpc) is 2.55. The Morgan fingerprint density at radius 2 is 1.64 bits per heavy atom. The van der Waals surface area contributed by atoms with Crippen LogP contribution in [0.4, 0.5) is 10.1 Å². The number of carbonyl (C=O) groups is 1. The van der Waals surface area contributed by atoms with E-state index >= 15 is 0 Å². The quantitative estimate of drug-likeness (QED) is 0.800. The van der Waals surface area contributed by atoms with Gasteiger partial charge in [-0.1, -0.05) is 12.1 Å². The monoisotopic (exact) mass is 364 g/mol. The molecular formula is C18H21FN2O3S. The maximum Gasteiger partial charge on any atom is 0.216 e. The topological polar surface area (TPSA) is 66.5 Å². The molecule has 0 saturated heterocycles. The van der Waals surface area contributed by atoms with E-state index in [0.717, 1.165) is 17.8 Å². The van der Waals surface area contributed by atoms with Crippen LogP contribution in [0.2, 0.25) is 0 Å². The van der Waals surface area contributed by atoms with Crippen molar-refractivity contribution in [3.05, 3.63) is 59.9 Å². The molecule has 25 heavy (non-hydrogen) atoms. The minimum atomic E-state index is -3.79. The molecule has 1 atom stereocenters. The van der Waals surface area contributed by atoms with Gasteiger partial charge in [0, 0.05) is 33.3 Å². The molecule has 0 heterocycles. The van der Waals surface area contributed by atoms with Gasteiger partial charge in [0.15, 0.2) is 9.84 Å². The number of amides is 1. The van der Waals surface area contributed by atoms with Crippen LogP contribution in [-0.2, 0) is 14.6 Å². The zero-order chi connectivity index (χ0) is 18.6. The molecule has 2 rings (SSSR count). The second-order valence-corrected chi connectivity index (χ2v) is 8.04. The summed E-state index contributed by atoms with van der Waals surface area (Å²) >= 11 is 0. The molecule has 0 aromatic heterocycles. The van der Waals surface area contributed by atoms with Gasteiger partial charge in [0.25, 0.3) is 0 Å². The molecule has 0 aliphatic rings. The van der Waals surface area contributed by atoms with Crippen molar-refractivity contribution in [3.63, 3.8) is 0 Å². The Hall–Kier alpha value is -2.41. The summed E-state index contributed by atoms with van der Waals surface area (Å²) in [6.45, 7) is 1.27. The summed E-state index contributed by atoms with van der Waals surface area (Å²) in [5.41, 5.74) is 1.49. The van der Waals surface area contributed by atoms with Crippen LogP contribution in [-0.4, -0.2) is 35.0 Å². The Bertz CT molecular complexity index is 832. The van der Waals surface area contributed by atoms with Crippen molar-refractivity contribution in [2.75, 3.05) is 25.5 Å². The van der Waals surface area contributed by atoms with Crippen LogP contribution >= 0.6 is 0 Å². The molecule has 7 heteroatoms. The molecule has 0 bridgehead atoms. The van der Waals surface area contributed by atoms with E-state index in [0.29, 0.717) is 5.56 Å². The number of benzene rings is 2. The van der Waals surface area contributed by atoms with E-state index < -0.39 is 20.9 Å². The molecule has 1 N–H and O–H groups in total. The molecule has 0 saturated carbocycles. The van der Waals surface area contributed by atoms with Gasteiger partial charge in [0.1, 0.15) is 11.1 Å². The first-order chi connectivity index (χ1) is 11.7. The number of rotatable bonds is 6. The van der Waals surface area contributed by atoms with Gasteiger partial charge in [-0.3, -0.25) is 4.79 Å². The molecule has 0 aliphatic carbocycles. The van der Waals surface area contributed by atoms with Crippen LogP contribution in [0.15, 0.2) is 53.4 Å². The summed E-state index contributed by atoms with van der Waals surface area (Å²) in [5, 5.41) is 1.61. The van der Waals surface area contributed by atoms with Crippen molar-refractivity contribution >= 4 is 21.4 Å². The highest BCUT2D eigenvalue weighted by molar-refractivity contribution is 7.91. The first kappa shape index (κ1) is 18.9. The summed E-state index contributed by atoms with van der Waals surface area (Å²) in [6, 6.07) is 11.8. The lowest BCUT2D eigenvalue weighted by Gasteiger charge is -2.20. The fraction of sp³-hybridized carbons (Fsp3) is 0.278. The number of nitrogens with zero attached hydrogens (tertiary/aromatic N) is 1. The fourth-order valence-electron chi connectivity index (χ4n) is 2.42. The number of anilines is 1. The third kappa shape index (κ3) is 4.57. The molecule has 1 amide bonds. The number of sulfone groups is 1. The highest BCUT2D eigenvalue weighted by Gasteiger charge is 2.29. The molecular weight excluding hydrogens is 343 g/mol. The fourth-order valence-corrected chi connectivity index (χ4v) is 4.08. The zero-order valence-electron chi connectivity index (χ0n) is 14.4. The second-order valence-electron chi connectivity index (χ2n) is 5.91. The van der Waals surface area contributed by atoms with Crippen molar-refractivity contribution in [2.45, 2.75) is 17.1 Å². The first-order valence-electron chi connectivity index (χ1n) is 7.73. The number of hydrogen-bond acceptors (Lipinski definition) is 4. The largest absolute Gasteiger partial charge is 0.378 e. The Labute approximate surface area is 147 Å². The summed E-state index contributed by atoms with van der Waals surface area (Å²) < 4.78 is 39.1. The minimum absolute atomic E-state index is 0.0148. The molecule has 2 aromatic rings. The van der Waals surface area contributed by atoms with Crippen LogP contribution < -0.4 is 10.2 Å². The van der Waals surface area contributed by atoms with Gasteiger partial charge >= 0.3 is 0 Å². The summed E-state index contributed by atoms with van der Waals surface area (Å²) in [4.78, 5) is 13.2. The van der Waals surface area contributed by atoms with E-state index in [9.17, 15) is 17.6 Å². The number of hydrogen-bond donors (Lipinski definition) is 1. The van der Waals surface area contributed by atoms with E-state index in [-0.39, 0.29) is 17.3 Å². The van der Waals surface area contributed by atoms with Crippen molar-refractivity contribution in [2.24, 2.45) is 0 Å². The lowest BCUT2D eigenvalue weighted by molar-refractivity contribution is -0.118. The normalized spacial score (nSPS) is 12.5. The lowest BCUT2D eigenvalue weighted by Crippen LogP contribution is -2.30. The van der Waals surface area contributed by atoms with E-state index in [1.807, 2.05) is 31.1 Å². The van der Waals surface area contributed by atoms with Gasteiger partial charge in [-0.05, 0) is 42.0 Å². The van der Waals surface area contributed by atoms with Gasteiger partial charge in [-0.15, -0.1) is 0 Å². The molecule has 0 aliphatic heterocycles. The molecule has 134 valence electrons. The van der Waals surface area contributed by atoms with Crippen molar-refractivity contribution in [1.29, 1.82) is 0 Å². The highest BCUT2D eigenvalue weighted by atomic mass is 32.2. The van der Waals surface area contributed by atoms with Crippen molar-refractivity contribution in [1.82, 2.24) is 5.32 Å². The Morgan fingerprint density at radius 1 is 1.08 bits per heavy atom. The Kier molecular flexibility index (Phi) is 5.79. The summed E-state index contributed by atoms with van der Waals surface area (Å²) in [6.07, 6.45) is 0. The van der Waals surface area contributed by atoms with E-state index in [1.165, 1.54) is 19.1 Å². The average molecular weight is 364 g/mol. The second kappa shape index (κ2) is 7.65. The Morgan fingerprint density at radius 3 is 2.12 bits per heavy atom. The molecule has 0 spiro atoms. The van der Waals surface area contributed by atoms with Gasteiger partial charge in [0.2, 0.25) is 5.91 Å². The maximum atomic E-state index is 13.1. The van der Waals surface area contributed by atoms with Gasteiger partial charge in [-0.2, -0.15) is 0 Å². The molecule has 0 unspecified atom stereocenters. The molecule has 0 radical (unpaired) electrons. The van der Waals surface area contributed by atoms with E-state index in [4.69, 9.17) is 0 Å². The zero-order valence-corrected chi connectivity index (χ0v) is 15.2. The standard InChI is InChI=1S/C18H21FN2O3S/c1-13(22)20-12-18(14-4-8-16(9-5-14)21(2)3)25(23,24)17-10-6-15(19)7-11-17/h4-11,18H,12H2,1-3H3,(H,20,22)/t18-/m0/s1. The molecule has 0 fully saturated rings. The van der Waals surface area contributed by atoms with Crippen LogP contribution in [0.25, 0.3) is 0 Å². The number of halogens is 1. The van der Waals surface area contributed by atoms with Gasteiger partial charge in [-0.25, -0.2) is 12.8 Å². The van der Waals surface area contributed by atoms with Gasteiger partial charge in [0.05, 0.1) is 4.90 Å². The van der Waals surface area contributed by atoms with Crippen molar-refractivity contribution < 1.29 is 17.6 Å². The summed E-state index contributed by atoms with van der Waals surface area (Å²) in [5.74, 6) is -0.822. The van der Waals surface area contributed by atoms with Crippen LogP contribution in [0.5, 0.6) is 0 Å². The highest BCUT2D eigenvalue weighted by Crippen LogP contribution is 2.29. The van der Waals surface area contributed by atoms with Crippen LogP contribution in [0.3, 0.4) is 0 Å². The predicted molar refractivity (Wildman–Crippen MR) is 95.8 cm³/mol. The third-order valence-electron chi connectivity index (χ3n) is 3.83. The Balaban J connectivity index is 2.44. The third-order valence-corrected chi connectivity index (χ3v) is 5.95.